The summed E-state index contributed by atoms with van der Waals surface area (Å²) in [7, 11) is -1.30. The quantitative estimate of drug-likeness (QED) is 0.679. The number of hydrogen-bond acceptors (Lipinski definition) is 5. The fraction of sp³-hybridized carbons (Fsp3) is 0.917. The van der Waals surface area contributed by atoms with Crippen LogP contribution >= 0.6 is 0 Å². The molecule has 0 aromatic carbocycles. The highest BCUT2D eigenvalue weighted by molar-refractivity contribution is 7.91. The normalized spacial score (nSPS) is 27.6. The van der Waals surface area contributed by atoms with Gasteiger partial charge in [-0.1, -0.05) is 0 Å². The number of rotatable bonds is 4. The number of ether oxygens (including phenoxy) is 1. The average molecular weight is 290 g/mol. The number of nitrogens with zero attached hydrogens (tertiary/aromatic N) is 2. The maximum absolute atomic E-state index is 12.2. The highest BCUT2D eigenvalue weighted by Gasteiger charge is 2.36. The molecule has 0 aromatic heterocycles. The molecule has 0 bridgehead atoms. The zero-order valence-corrected chi connectivity index (χ0v) is 12.2. The van der Waals surface area contributed by atoms with Crippen LogP contribution in [0.15, 0.2) is 0 Å². The Bertz CT molecular complexity index is 415. The van der Waals surface area contributed by atoms with Gasteiger partial charge in [-0.05, 0) is 6.42 Å². The van der Waals surface area contributed by atoms with Crippen LogP contribution in [0.1, 0.15) is 6.42 Å². The van der Waals surface area contributed by atoms with Gasteiger partial charge in [-0.2, -0.15) is 0 Å². The highest BCUT2D eigenvalue weighted by Crippen LogP contribution is 2.21. The van der Waals surface area contributed by atoms with E-state index in [0.717, 1.165) is 19.6 Å². The second kappa shape index (κ2) is 6.19. The number of hydrogen-bond donors (Lipinski definition) is 0. The highest BCUT2D eigenvalue weighted by atomic mass is 32.2. The van der Waals surface area contributed by atoms with Crippen molar-refractivity contribution in [2.45, 2.75) is 6.42 Å². The molecule has 0 aromatic rings. The van der Waals surface area contributed by atoms with Gasteiger partial charge in [-0.15, -0.1) is 0 Å². The van der Waals surface area contributed by atoms with E-state index in [-0.39, 0.29) is 23.3 Å². The van der Waals surface area contributed by atoms with Crippen LogP contribution in [0.3, 0.4) is 0 Å². The van der Waals surface area contributed by atoms with Crippen LogP contribution in [-0.4, -0.2) is 82.1 Å². The third kappa shape index (κ3) is 3.90. The molecule has 0 radical (unpaired) electrons. The molecule has 0 N–H and O–H groups in total. The lowest BCUT2D eigenvalue weighted by Gasteiger charge is -2.35. The Balaban J connectivity index is 1.80. The van der Waals surface area contributed by atoms with Gasteiger partial charge < -0.3 is 9.64 Å². The van der Waals surface area contributed by atoms with Crippen LogP contribution in [0.25, 0.3) is 0 Å². The molecule has 110 valence electrons. The molecule has 2 fully saturated rings. The zero-order chi connectivity index (χ0) is 13.9. The van der Waals surface area contributed by atoms with E-state index in [1.54, 1.807) is 7.11 Å². The summed E-state index contributed by atoms with van der Waals surface area (Å²) in [5, 5.41) is 0. The Kier molecular flexibility index (Phi) is 4.81. The summed E-state index contributed by atoms with van der Waals surface area (Å²) in [6.45, 7) is 4.66. The second-order valence-corrected chi connectivity index (χ2v) is 7.49. The molecule has 7 heteroatoms. The van der Waals surface area contributed by atoms with Crippen molar-refractivity contribution < 1.29 is 17.9 Å². The zero-order valence-electron chi connectivity index (χ0n) is 11.4. The molecular formula is C12H22N2O4S. The summed E-state index contributed by atoms with van der Waals surface area (Å²) in [6, 6.07) is 0. The van der Waals surface area contributed by atoms with E-state index in [0.29, 0.717) is 26.1 Å². The Morgan fingerprint density at radius 1 is 1.26 bits per heavy atom. The topological polar surface area (TPSA) is 66.9 Å². The van der Waals surface area contributed by atoms with Crippen molar-refractivity contribution in [3.05, 3.63) is 0 Å². The fourth-order valence-electron chi connectivity index (χ4n) is 2.66. The predicted molar refractivity (Wildman–Crippen MR) is 71.7 cm³/mol. The van der Waals surface area contributed by atoms with Crippen molar-refractivity contribution in [2.75, 3.05) is 57.9 Å². The molecule has 2 saturated heterocycles. The number of methoxy groups -OCH3 is 1. The first-order valence-electron chi connectivity index (χ1n) is 6.72. The summed E-state index contributed by atoms with van der Waals surface area (Å²) >= 11 is 0. The van der Waals surface area contributed by atoms with Gasteiger partial charge in [-0.25, -0.2) is 8.42 Å². The minimum Gasteiger partial charge on any atom is -0.383 e. The molecule has 0 spiro atoms. The van der Waals surface area contributed by atoms with Crippen LogP contribution in [0, 0.1) is 5.92 Å². The molecular weight excluding hydrogens is 268 g/mol. The standard InChI is InChI=1S/C12H22N2O4S/c1-18-8-7-13-3-5-14(6-4-13)12(15)11-2-9-19(16,17)10-11/h11H,2-10H2,1H3/t11-/m1/s1. The summed E-state index contributed by atoms with van der Waals surface area (Å²) in [4.78, 5) is 16.3. The van der Waals surface area contributed by atoms with Crippen LogP contribution in [0.2, 0.25) is 0 Å². The van der Waals surface area contributed by atoms with Gasteiger partial charge in [-0.3, -0.25) is 9.69 Å². The number of amides is 1. The van der Waals surface area contributed by atoms with E-state index in [4.69, 9.17) is 4.74 Å². The lowest BCUT2D eigenvalue weighted by atomic mass is 10.1. The van der Waals surface area contributed by atoms with Crippen molar-refractivity contribution in [1.29, 1.82) is 0 Å². The molecule has 2 aliphatic rings. The first-order chi connectivity index (χ1) is 9.02. The number of sulfone groups is 1. The number of piperazine rings is 1. The van der Waals surface area contributed by atoms with Gasteiger partial charge >= 0.3 is 0 Å². The van der Waals surface area contributed by atoms with E-state index in [9.17, 15) is 13.2 Å². The Hall–Kier alpha value is -0.660. The molecule has 6 nitrogen and oxygen atoms in total. The largest absolute Gasteiger partial charge is 0.383 e. The van der Waals surface area contributed by atoms with Crippen molar-refractivity contribution in [1.82, 2.24) is 9.80 Å². The van der Waals surface area contributed by atoms with Crippen molar-refractivity contribution >= 4 is 15.7 Å². The minimum atomic E-state index is -2.98. The van der Waals surface area contributed by atoms with Crippen molar-refractivity contribution in [3.8, 4) is 0 Å². The predicted octanol–water partition coefficient (Wildman–Crippen LogP) is -0.788. The monoisotopic (exact) mass is 290 g/mol. The molecule has 19 heavy (non-hydrogen) atoms. The Morgan fingerprint density at radius 3 is 2.47 bits per heavy atom. The van der Waals surface area contributed by atoms with Gasteiger partial charge in [0.1, 0.15) is 0 Å². The van der Waals surface area contributed by atoms with Crippen LogP contribution < -0.4 is 0 Å². The molecule has 2 aliphatic heterocycles. The smallest absolute Gasteiger partial charge is 0.226 e. The third-order valence-electron chi connectivity index (χ3n) is 3.88. The van der Waals surface area contributed by atoms with Crippen molar-refractivity contribution in [3.63, 3.8) is 0 Å². The van der Waals surface area contributed by atoms with E-state index >= 15 is 0 Å². The number of carbonyl (C=O) groups excluding carboxylic acids is 1. The van der Waals surface area contributed by atoms with Gasteiger partial charge in [0, 0.05) is 39.8 Å². The Morgan fingerprint density at radius 2 is 1.95 bits per heavy atom. The van der Waals surface area contributed by atoms with Crippen LogP contribution in [0.5, 0.6) is 0 Å². The molecule has 0 unspecified atom stereocenters. The summed E-state index contributed by atoms with van der Waals surface area (Å²) in [5.74, 6) is -0.0876. The molecule has 1 amide bonds. The lowest BCUT2D eigenvalue weighted by molar-refractivity contribution is -0.136. The summed E-state index contributed by atoms with van der Waals surface area (Å²) in [5.41, 5.74) is 0. The average Bonchev–Trinajstić information content (AvgIpc) is 2.76. The second-order valence-electron chi connectivity index (χ2n) is 5.26. The van der Waals surface area contributed by atoms with E-state index in [2.05, 4.69) is 4.90 Å². The van der Waals surface area contributed by atoms with Gasteiger partial charge in [0.15, 0.2) is 9.84 Å². The third-order valence-corrected chi connectivity index (χ3v) is 5.65. The molecule has 0 aliphatic carbocycles. The SMILES string of the molecule is COCCN1CCN(C(=O)[C@@H]2CCS(=O)(=O)C2)CC1. The van der Waals surface area contributed by atoms with Gasteiger partial charge in [0.05, 0.1) is 24.0 Å². The molecule has 2 rings (SSSR count). The van der Waals surface area contributed by atoms with Crippen LogP contribution in [-0.2, 0) is 19.4 Å². The van der Waals surface area contributed by atoms with Gasteiger partial charge in [0.25, 0.3) is 0 Å². The van der Waals surface area contributed by atoms with Crippen molar-refractivity contribution in [2.24, 2.45) is 5.92 Å². The summed E-state index contributed by atoms with van der Waals surface area (Å²) < 4.78 is 27.8. The molecule has 0 saturated carbocycles. The summed E-state index contributed by atoms with van der Waals surface area (Å²) in [6.07, 6.45) is 0.491. The number of carbonyl (C=O) groups is 1. The maximum Gasteiger partial charge on any atom is 0.226 e. The van der Waals surface area contributed by atoms with E-state index in [1.165, 1.54) is 0 Å². The van der Waals surface area contributed by atoms with E-state index in [1.807, 2.05) is 4.90 Å². The minimum absolute atomic E-state index is 0.0208. The Labute approximate surface area is 114 Å². The molecule has 1 atom stereocenters. The fourth-order valence-corrected chi connectivity index (χ4v) is 4.39. The van der Waals surface area contributed by atoms with Crippen LogP contribution in [0.4, 0.5) is 0 Å². The van der Waals surface area contributed by atoms with Gasteiger partial charge in [0.2, 0.25) is 5.91 Å². The maximum atomic E-state index is 12.2. The first kappa shape index (κ1) is 14.7. The molecule has 2 heterocycles. The lowest BCUT2D eigenvalue weighted by Crippen LogP contribution is -2.51. The first-order valence-corrected chi connectivity index (χ1v) is 8.54. The van der Waals surface area contributed by atoms with E-state index < -0.39 is 9.84 Å².